The third-order valence-electron chi connectivity index (χ3n) is 7.05. The minimum absolute atomic E-state index is 0.109. The van der Waals surface area contributed by atoms with Crippen LogP contribution in [-0.4, -0.2) is 78.0 Å². The van der Waals surface area contributed by atoms with Gasteiger partial charge in [-0.3, -0.25) is 4.79 Å². The average Bonchev–Trinajstić information content (AvgIpc) is 2.85. The van der Waals surface area contributed by atoms with Crippen molar-refractivity contribution in [3.63, 3.8) is 0 Å². The van der Waals surface area contributed by atoms with Gasteiger partial charge in [-0.05, 0) is 87.7 Å². The van der Waals surface area contributed by atoms with Gasteiger partial charge in [0.05, 0.1) is 22.7 Å². The molecule has 1 saturated heterocycles. The lowest BCUT2D eigenvalue weighted by atomic mass is 9.96. The van der Waals surface area contributed by atoms with E-state index in [1.807, 2.05) is 20.2 Å². The van der Waals surface area contributed by atoms with Crippen LogP contribution >= 0.6 is 11.6 Å². The number of nitrogens with zero attached hydrogens (tertiary/aromatic N) is 3. The van der Waals surface area contributed by atoms with Gasteiger partial charge >= 0.3 is 0 Å². The molecule has 0 saturated carbocycles. The van der Waals surface area contributed by atoms with E-state index in [-0.39, 0.29) is 23.8 Å². The van der Waals surface area contributed by atoms with Crippen molar-refractivity contribution < 1.29 is 17.9 Å². The van der Waals surface area contributed by atoms with E-state index in [0.717, 1.165) is 43.2 Å². The van der Waals surface area contributed by atoms with E-state index in [4.69, 9.17) is 16.3 Å². The highest BCUT2D eigenvalue weighted by Crippen LogP contribution is 2.31. The smallest absolute Gasteiger partial charge is 0.243 e. The lowest BCUT2D eigenvalue weighted by Gasteiger charge is -2.34. The molecule has 1 amide bonds. The maximum Gasteiger partial charge on any atom is 0.243 e. The van der Waals surface area contributed by atoms with Crippen molar-refractivity contribution in [3.8, 4) is 5.75 Å². The predicted molar refractivity (Wildman–Crippen MR) is 154 cm³/mol. The SMILES string of the molecule is COc1cc(C)c(S(=O)(=O)N(C)CCC(=O)NCC2CCN(c3ccc(CN(C)C)cc3Cl)CC2)c(C)c1. The summed E-state index contributed by atoms with van der Waals surface area (Å²) in [5.41, 5.74) is 3.49. The van der Waals surface area contributed by atoms with Gasteiger partial charge in [-0.15, -0.1) is 0 Å². The predicted octanol–water partition coefficient (Wildman–Crippen LogP) is 4.07. The Morgan fingerprint density at radius 3 is 2.29 bits per heavy atom. The Balaban J connectivity index is 1.46. The summed E-state index contributed by atoms with van der Waals surface area (Å²) in [6.45, 7) is 6.83. The van der Waals surface area contributed by atoms with Gasteiger partial charge in [-0.2, -0.15) is 0 Å². The number of benzene rings is 2. The largest absolute Gasteiger partial charge is 0.497 e. The molecule has 210 valence electrons. The van der Waals surface area contributed by atoms with Crippen LogP contribution < -0.4 is 15.0 Å². The van der Waals surface area contributed by atoms with E-state index < -0.39 is 10.0 Å². The molecule has 3 rings (SSSR count). The number of halogens is 1. The monoisotopic (exact) mass is 564 g/mol. The molecular weight excluding hydrogens is 524 g/mol. The normalized spacial score (nSPS) is 14.8. The molecule has 38 heavy (non-hydrogen) atoms. The van der Waals surface area contributed by atoms with E-state index >= 15 is 0 Å². The maximum absolute atomic E-state index is 13.2. The topological polar surface area (TPSA) is 82.2 Å². The Bertz CT molecular complexity index is 1200. The number of aryl methyl sites for hydroxylation is 2. The molecule has 0 atom stereocenters. The Morgan fingerprint density at radius 1 is 1.11 bits per heavy atom. The summed E-state index contributed by atoms with van der Waals surface area (Å²) < 4.78 is 32.8. The Morgan fingerprint density at radius 2 is 1.74 bits per heavy atom. The highest BCUT2D eigenvalue weighted by atomic mass is 35.5. The zero-order valence-electron chi connectivity index (χ0n) is 23.4. The molecule has 1 heterocycles. The van der Waals surface area contributed by atoms with E-state index in [9.17, 15) is 13.2 Å². The first-order valence-electron chi connectivity index (χ1n) is 13.0. The Kier molecular flexibility index (Phi) is 10.5. The zero-order valence-corrected chi connectivity index (χ0v) is 25.0. The minimum atomic E-state index is -3.72. The van der Waals surface area contributed by atoms with E-state index in [1.54, 1.807) is 33.1 Å². The van der Waals surface area contributed by atoms with Crippen LogP contribution in [0.4, 0.5) is 5.69 Å². The van der Waals surface area contributed by atoms with Crippen molar-refractivity contribution in [1.82, 2.24) is 14.5 Å². The molecule has 8 nitrogen and oxygen atoms in total. The lowest BCUT2D eigenvalue weighted by molar-refractivity contribution is -0.121. The molecule has 2 aromatic carbocycles. The van der Waals surface area contributed by atoms with Crippen LogP contribution in [0, 0.1) is 19.8 Å². The number of rotatable bonds is 11. The molecular formula is C28H41ClN4O4S. The standard InChI is InChI=1S/C28H41ClN4O4S/c1-20-15-24(37-6)16-21(2)28(20)38(35,36)32(5)12-11-27(34)30-18-22-9-13-33(14-10-22)26-8-7-23(17-25(26)29)19-31(3)4/h7-8,15-17,22H,9-14,18-19H2,1-6H3,(H,30,34). The van der Waals surface area contributed by atoms with Crippen LogP contribution in [0.1, 0.15) is 36.0 Å². The van der Waals surface area contributed by atoms with Crippen LogP contribution in [0.2, 0.25) is 5.02 Å². The number of piperidine rings is 1. The molecule has 0 radical (unpaired) electrons. The van der Waals surface area contributed by atoms with E-state index in [2.05, 4.69) is 27.2 Å². The summed E-state index contributed by atoms with van der Waals surface area (Å²) in [6, 6.07) is 9.68. The molecule has 1 N–H and O–H groups in total. The van der Waals surface area contributed by atoms with Crippen LogP contribution in [0.3, 0.4) is 0 Å². The minimum Gasteiger partial charge on any atom is -0.497 e. The number of hydrogen-bond acceptors (Lipinski definition) is 6. The Hall–Kier alpha value is -2.33. The molecule has 0 aromatic heterocycles. The number of ether oxygens (including phenoxy) is 1. The third-order valence-corrected chi connectivity index (χ3v) is 9.51. The van der Waals surface area contributed by atoms with Crippen molar-refractivity contribution in [3.05, 3.63) is 52.0 Å². The molecule has 0 spiro atoms. The molecule has 1 aliphatic rings. The first-order chi connectivity index (χ1) is 17.9. The second-order valence-corrected chi connectivity index (χ2v) is 12.8. The summed E-state index contributed by atoms with van der Waals surface area (Å²) >= 11 is 6.58. The van der Waals surface area contributed by atoms with Crippen molar-refractivity contribution in [2.75, 3.05) is 59.3 Å². The van der Waals surface area contributed by atoms with Gasteiger partial charge in [0.15, 0.2) is 0 Å². The second-order valence-electron chi connectivity index (χ2n) is 10.4. The fraction of sp³-hybridized carbons (Fsp3) is 0.536. The third kappa shape index (κ3) is 7.62. The first-order valence-corrected chi connectivity index (χ1v) is 14.8. The number of amides is 1. The van der Waals surface area contributed by atoms with Gasteiger partial charge in [0.25, 0.3) is 0 Å². The average molecular weight is 565 g/mol. The number of carbonyl (C=O) groups is 1. The summed E-state index contributed by atoms with van der Waals surface area (Å²) in [7, 11) is 3.42. The molecule has 1 aliphatic heterocycles. The summed E-state index contributed by atoms with van der Waals surface area (Å²) in [5.74, 6) is 0.859. The molecule has 0 unspecified atom stereocenters. The van der Waals surface area contributed by atoms with E-state index in [0.29, 0.717) is 29.3 Å². The molecule has 0 bridgehead atoms. The van der Waals surface area contributed by atoms with Gasteiger partial charge in [-0.25, -0.2) is 12.7 Å². The number of carbonyl (C=O) groups excluding carboxylic acids is 1. The maximum atomic E-state index is 13.2. The van der Waals surface area contributed by atoms with Crippen LogP contribution in [-0.2, 0) is 21.4 Å². The van der Waals surface area contributed by atoms with Gasteiger partial charge < -0.3 is 19.9 Å². The lowest BCUT2D eigenvalue weighted by Crippen LogP contribution is -2.39. The van der Waals surface area contributed by atoms with E-state index in [1.165, 1.54) is 16.9 Å². The van der Waals surface area contributed by atoms with Crippen LogP contribution in [0.5, 0.6) is 5.75 Å². The summed E-state index contributed by atoms with van der Waals surface area (Å²) in [6.07, 6.45) is 2.03. The number of hydrogen-bond donors (Lipinski definition) is 1. The van der Waals surface area contributed by atoms with Gasteiger partial charge in [0.1, 0.15) is 5.75 Å². The fourth-order valence-corrected chi connectivity index (χ4v) is 6.86. The summed E-state index contributed by atoms with van der Waals surface area (Å²) in [5, 5.41) is 3.78. The first kappa shape index (κ1) is 30.2. The molecule has 1 fully saturated rings. The number of sulfonamides is 1. The van der Waals surface area contributed by atoms with Gasteiger partial charge in [0.2, 0.25) is 15.9 Å². The van der Waals surface area contributed by atoms with Crippen molar-refractivity contribution in [2.45, 2.75) is 44.6 Å². The molecule has 10 heteroatoms. The Labute approximate surface area is 232 Å². The molecule has 2 aromatic rings. The highest BCUT2D eigenvalue weighted by Gasteiger charge is 2.26. The zero-order chi connectivity index (χ0) is 28.0. The summed E-state index contributed by atoms with van der Waals surface area (Å²) in [4.78, 5) is 17.2. The fourth-order valence-electron chi connectivity index (χ4n) is 4.97. The van der Waals surface area contributed by atoms with Crippen LogP contribution in [0.15, 0.2) is 35.2 Å². The van der Waals surface area contributed by atoms with Crippen molar-refractivity contribution in [1.29, 1.82) is 0 Å². The number of anilines is 1. The number of methoxy groups -OCH3 is 1. The van der Waals surface area contributed by atoms with Gasteiger partial charge in [0, 0.05) is 46.2 Å². The number of nitrogens with one attached hydrogen (secondary N) is 1. The highest BCUT2D eigenvalue weighted by molar-refractivity contribution is 7.89. The quantitative estimate of drug-likeness (QED) is 0.443. The molecule has 0 aliphatic carbocycles. The second kappa shape index (κ2) is 13.2. The van der Waals surface area contributed by atoms with Crippen molar-refractivity contribution in [2.24, 2.45) is 5.92 Å². The van der Waals surface area contributed by atoms with Gasteiger partial charge in [-0.1, -0.05) is 17.7 Å². The van der Waals surface area contributed by atoms with Crippen LogP contribution in [0.25, 0.3) is 0 Å². The van der Waals surface area contributed by atoms with Crippen molar-refractivity contribution >= 4 is 33.2 Å².